The van der Waals surface area contributed by atoms with Crippen LogP contribution in [0.15, 0.2) is 48.5 Å². The topological polar surface area (TPSA) is 0 Å². The maximum atomic E-state index is 2.24. The Labute approximate surface area is 150 Å². The van der Waals surface area contributed by atoms with Crippen molar-refractivity contribution in [3.63, 3.8) is 0 Å². The molecule has 0 unspecified atom stereocenters. The van der Waals surface area contributed by atoms with Crippen molar-refractivity contribution in [2.75, 3.05) is 0 Å². The van der Waals surface area contributed by atoms with Gasteiger partial charge in [-0.05, 0) is 35.1 Å². The van der Waals surface area contributed by atoms with Gasteiger partial charge in [-0.15, -0.1) is 0 Å². The summed E-state index contributed by atoms with van der Waals surface area (Å²) < 4.78 is 0. The number of rotatable bonds is 0. The second-order valence-corrected chi connectivity index (χ2v) is 3.89. The van der Waals surface area contributed by atoms with Crippen LogP contribution in [0, 0.1) is 0 Å². The Balaban J connectivity index is 0. The minimum Gasteiger partial charge on any atom is -0.0776 e. The molecule has 1 radical (unpaired) electrons. The van der Waals surface area contributed by atoms with Crippen LogP contribution in [0.2, 0.25) is 0 Å². The fourth-order valence-electron chi connectivity index (χ4n) is 2.22. The largest absolute Gasteiger partial charge is 0.0776 e. The van der Waals surface area contributed by atoms with Gasteiger partial charge in [-0.3, -0.25) is 0 Å². The van der Waals surface area contributed by atoms with Gasteiger partial charge in [-0.2, -0.15) is 0 Å². The fourth-order valence-corrected chi connectivity index (χ4v) is 2.22. The van der Waals surface area contributed by atoms with Gasteiger partial charge >= 0.3 is 0 Å². The molecule has 2 aromatic carbocycles. The van der Waals surface area contributed by atoms with Gasteiger partial charge < -0.3 is 0 Å². The molecule has 0 bridgehead atoms. The van der Waals surface area contributed by atoms with Crippen LogP contribution >= 0.6 is 0 Å². The SMILES string of the molecule is C.CC.CC.[Y].c1ccc2c(c1)Cc1ccccc1C2. The van der Waals surface area contributed by atoms with Crippen molar-refractivity contribution in [1.82, 2.24) is 0 Å². The minimum atomic E-state index is 0. The van der Waals surface area contributed by atoms with Crippen molar-refractivity contribution in [3.05, 3.63) is 70.8 Å². The monoisotopic (exact) mass is 345 g/mol. The first-order valence-electron chi connectivity index (χ1n) is 7.07. The average molecular weight is 345 g/mol. The Hall–Kier alpha value is -0.456. The summed E-state index contributed by atoms with van der Waals surface area (Å²) in [5, 5.41) is 0. The number of fused-ring (bicyclic) bond motifs is 2. The molecule has 0 heterocycles. The summed E-state index contributed by atoms with van der Waals surface area (Å²) in [6.45, 7) is 8.00. The van der Waals surface area contributed by atoms with Crippen molar-refractivity contribution in [2.24, 2.45) is 0 Å². The molecule has 107 valence electrons. The molecule has 0 nitrogen and oxygen atoms in total. The third-order valence-electron chi connectivity index (χ3n) is 3.00. The standard InChI is InChI=1S/C14H12.2C2H6.CH4.Y/c1-2-6-12-10-14-8-4-3-7-13(14)9-11(12)5-1;2*1-2;;/h1-8H,9-10H2;2*1-2H3;1H4;. The zero-order chi connectivity index (χ0) is 13.4. The first kappa shape index (κ1) is 21.8. The Bertz CT molecular complexity index is 387. The predicted molar refractivity (Wildman–Crippen MR) is 87.9 cm³/mol. The van der Waals surface area contributed by atoms with E-state index in [-0.39, 0.29) is 40.1 Å². The van der Waals surface area contributed by atoms with Crippen LogP contribution in [-0.4, -0.2) is 0 Å². The van der Waals surface area contributed by atoms with Crippen LogP contribution in [0.5, 0.6) is 0 Å². The summed E-state index contributed by atoms with van der Waals surface area (Å²) >= 11 is 0. The van der Waals surface area contributed by atoms with Gasteiger partial charge in [0.1, 0.15) is 0 Å². The average Bonchev–Trinajstić information content (AvgIpc) is 2.49. The fraction of sp³-hybridized carbons (Fsp3) is 0.368. The molecule has 1 aliphatic rings. The smallest absolute Gasteiger partial charge is 0 e. The number of hydrogen-bond donors (Lipinski definition) is 0. The molecule has 0 N–H and O–H groups in total. The summed E-state index contributed by atoms with van der Waals surface area (Å²) in [5.41, 5.74) is 5.97. The van der Waals surface area contributed by atoms with Gasteiger partial charge in [0, 0.05) is 32.7 Å². The van der Waals surface area contributed by atoms with E-state index in [4.69, 9.17) is 0 Å². The minimum absolute atomic E-state index is 0. The Morgan fingerprint density at radius 1 is 0.550 bits per heavy atom. The summed E-state index contributed by atoms with van der Waals surface area (Å²) in [6.07, 6.45) is 2.21. The van der Waals surface area contributed by atoms with Crippen LogP contribution < -0.4 is 0 Å². The van der Waals surface area contributed by atoms with E-state index in [0.717, 1.165) is 12.8 Å². The molecule has 0 saturated carbocycles. The van der Waals surface area contributed by atoms with Crippen LogP contribution in [0.1, 0.15) is 57.4 Å². The zero-order valence-electron chi connectivity index (χ0n) is 12.6. The van der Waals surface area contributed by atoms with Gasteiger partial charge in [0.05, 0.1) is 0 Å². The number of hydrogen-bond acceptors (Lipinski definition) is 0. The molecule has 0 fully saturated rings. The summed E-state index contributed by atoms with van der Waals surface area (Å²) in [7, 11) is 0. The summed E-state index contributed by atoms with van der Waals surface area (Å²) in [5.74, 6) is 0. The Kier molecular flexibility index (Phi) is 13.4. The Morgan fingerprint density at radius 2 is 0.750 bits per heavy atom. The van der Waals surface area contributed by atoms with Crippen molar-refractivity contribution < 1.29 is 32.7 Å². The van der Waals surface area contributed by atoms with Crippen LogP contribution in [0.4, 0.5) is 0 Å². The summed E-state index contributed by atoms with van der Waals surface area (Å²) in [4.78, 5) is 0. The van der Waals surface area contributed by atoms with E-state index in [1.165, 1.54) is 22.3 Å². The molecule has 3 rings (SSSR count). The van der Waals surface area contributed by atoms with Gasteiger partial charge in [0.25, 0.3) is 0 Å². The third kappa shape index (κ3) is 5.50. The van der Waals surface area contributed by atoms with E-state index in [9.17, 15) is 0 Å². The molecular weight excluding hydrogens is 317 g/mol. The predicted octanol–water partition coefficient (Wildman–Crippen LogP) is 5.87. The first-order chi connectivity index (χ1) is 8.93. The van der Waals surface area contributed by atoms with Crippen LogP contribution in [0.25, 0.3) is 0 Å². The maximum Gasteiger partial charge on any atom is 0 e. The van der Waals surface area contributed by atoms with Crippen molar-refractivity contribution >= 4 is 0 Å². The van der Waals surface area contributed by atoms with E-state index in [1.807, 2.05) is 27.7 Å². The second kappa shape index (κ2) is 12.3. The first-order valence-corrected chi connectivity index (χ1v) is 7.07. The normalized spacial score (nSPS) is 9.80. The molecule has 1 aliphatic carbocycles. The van der Waals surface area contributed by atoms with E-state index in [1.54, 1.807) is 0 Å². The van der Waals surface area contributed by atoms with Crippen molar-refractivity contribution in [1.29, 1.82) is 0 Å². The van der Waals surface area contributed by atoms with E-state index >= 15 is 0 Å². The van der Waals surface area contributed by atoms with Crippen LogP contribution in [-0.2, 0) is 45.6 Å². The van der Waals surface area contributed by atoms with Gasteiger partial charge in [0.2, 0.25) is 0 Å². The van der Waals surface area contributed by atoms with E-state index in [2.05, 4.69) is 48.5 Å². The number of benzene rings is 2. The van der Waals surface area contributed by atoms with E-state index in [0.29, 0.717) is 0 Å². The van der Waals surface area contributed by atoms with E-state index < -0.39 is 0 Å². The summed E-state index contributed by atoms with van der Waals surface area (Å²) in [6, 6.07) is 17.5. The molecule has 0 atom stereocenters. The van der Waals surface area contributed by atoms with Crippen molar-refractivity contribution in [3.8, 4) is 0 Å². The molecule has 0 spiro atoms. The zero-order valence-corrected chi connectivity index (χ0v) is 15.4. The van der Waals surface area contributed by atoms with Gasteiger partial charge in [0.15, 0.2) is 0 Å². The molecule has 0 amide bonds. The molecule has 0 aromatic heterocycles. The molecule has 0 aliphatic heterocycles. The van der Waals surface area contributed by atoms with Crippen LogP contribution in [0.3, 0.4) is 0 Å². The molecule has 2 aromatic rings. The van der Waals surface area contributed by atoms with Gasteiger partial charge in [-0.25, -0.2) is 0 Å². The maximum absolute atomic E-state index is 2.24. The molecule has 20 heavy (non-hydrogen) atoms. The Morgan fingerprint density at radius 3 is 0.950 bits per heavy atom. The second-order valence-electron chi connectivity index (χ2n) is 3.89. The molecular formula is C19H28Y. The third-order valence-corrected chi connectivity index (χ3v) is 3.00. The molecule has 0 saturated heterocycles. The van der Waals surface area contributed by atoms with Gasteiger partial charge in [-0.1, -0.05) is 83.7 Å². The quantitative estimate of drug-likeness (QED) is 0.478. The molecule has 1 heteroatoms. The van der Waals surface area contributed by atoms with Crippen molar-refractivity contribution in [2.45, 2.75) is 48.0 Å².